The van der Waals surface area contributed by atoms with Crippen molar-refractivity contribution in [1.82, 2.24) is 9.88 Å². The minimum absolute atomic E-state index is 0.0187. The standard InChI is InChI=1S/C19H21ClFN3O2/c1-2-9-24(12-13-3-4-13)19(23-25)14-7-8-22-18(10-14)26-15-5-6-17(21)16(20)11-15/h5-8,10-11,13,25H,2-4,9,12H2,1H3/b23-19-. The summed E-state index contributed by atoms with van der Waals surface area (Å²) in [5.74, 6) is 1.35. The van der Waals surface area contributed by atoms with E-state index in [9.17, 15) is 9.60 Å². The summed E-state index contributed by atoms with van der Waals surface area (Å²) < 4.78 is 18.9. The number of amidine groups is 1. The van der Waals surface area contributed by atoms with Crippen LogP contribution in [0.1, 0.15) is 31.7 Å². The first-order valence-electron chi connectivity index (χ1n) is 8.67. The highest BCUT2D eigenvalue weighted by atomic mass is 35.5. The molecule has 1 aliphatic carbocycles. The third-order valence-electron chi connectivity index (χ3n) is 4.17. The van der Waals surface area contributed by atoms with Crippen LogP contribution < -0.4 is 4.74 Å². The highest BCUT2D eigenvalue weighted by Crippen LogP contribution is 2.31. The maximum atomic E-state index is 13.3. The number of nitrogens with zero attached hydrogens (tertiary/aromatic N) is 3. The van der Waals surface area contributed by atoms with Crippen molar-refractivity contribution < 1.29 is 14.3 Å². The Labute approximate surface area is 157 Å². The number of benzene rings is 1. The Morgan fingerprint density at radius 3 is 2.85 bits per heavy atom. The highest BCUT2D eigenvalue weighted by molar-refractivity contribution is 6.30. The molecule has 138 valence electrons. The molecule has 1 saturated carbocycles. The molecule has 1 heterocycles. The lowest BCUT2D eigenvalue weighted by Crippen LogP contribution is -2.34. The monoisotopic (exact) mass is 377 g/mol. The maximum Gasteiger partial charge on any atom is 0.219 e. The lowest BCUT2D eigenvalue weighted by atomic mass is 10.2. The Morgan fingerprint density at radius 2 is 2.19 bits per heavy atom. The normalized spacial score (nSPS) is 14.3. The highest BCUT2D eigenvalue weighted by Gasteiger charge is 2.26. The second-order valence-electron chi connectivity index (χ2n) is 6.37. The molecular formula is C19H21ClFN3O2. The Morgan fingerprint density at radius 1 is 1.38 bits per heavy atom. The van der Waals surface area contributed by atoms with E-state index in [4.69, 9.17) is 16.3 Å². The summed E-state index contributed by atoms with van der Waals surface area (Å²) >= 11 is 5.78. The minimum Gasteiger partial charge on any atom is -0.439 e. The number of hydrogen-bond acceptors (Lipinski definition) is 4. The van der Waals surface area contributed by atoms with Crippen LogP contribution in [-0.2, 0) is 0 Å². The zero-order chi connectivity index (χ0) is 18.5. The van der Waals surface area contributed by atoms with Crippen molar-refractivity contribution in [2.24, 2.45) is 11.1 Å². The molecule has 0 amide bonds. The van der Waals surface area contributed by atoms with Crippen LogP contribution in [0.3, 0.4) is 0 Å². The summed E-state index contributed by atoms with van der Waals surface area (Å²) in [6.07, 6.45) is 4.97. The van der Waals surface area contributed by atoms with E-state index < -0.39 is 5.82 Å². The summed E-state index contributed by atoms with van der Waals surface area (Å²) in [5, 5.41) is 13.1. The van der Waals surface area contributed by atoms with Gasteiger partial charge in [0.05, 0.1) is 5.02 Å². The molecule has 1 fully saturated rings. The zero-order valence-electron chi connectivity index (χ0n) is 14.5. The number of hydrogen-bond donors (Lipinski definition) is 1. The fourth-order valence-electron chi connectivity index (χ4n) is 2.73. The molecule has 0 radical (unpaired) electrons. The van der Waals surface area contributed by atoms with Gasteiger partial charge in [0, 0.05) is 37.0 Å². The molecule has 0 spiro atoms. The Bertz CT molecular complexity index is 796. The van der Waals surface area contributed by atoms with Crippen LogP contribution in [0.4, 0.5) is 4.39 Å². The van der Waals surface area contributed by atoms with Gasteiger partial charge in [-0.05, 0) is 43.4 Å². The Balaban J connectivity index is 1.80. The van der Waals surface area contributed by atoms with Gasteiger partial charge in [-0.2, -0.15) is 0 Å². The van der Waals surface area contributed by atoms with E-state index in [0.717, 1.165) is 19.5 Å². The summed E-state index contributed by atoms with van der Waals surface area (Å²) in [5.41, 5.74) is 0.708. The van der Waals surface area contributed by atoms with Gasteiger partial charge in [0.25, 0.3) is 0 Å². The van der Waals surface area contributed by atoms with E-state index in [1.807, 2.05) is 0 Å². The first kappa shape index (κ1) is 18.5. The summed E-state index contributed by atoms with van der Waals surface area (Å²) in [4.78, 5) is 6.26. The first-order valence-corrected chi connectivity index (χ1v) is 9.04. The van der Waals surface area contributed by atoms with Gasteiger partial charge >= 0.3 is 0 Å². The summed E-state index contributed by atoms with van der Waals surface area (Å²) in [6, 6.07) is 7.58. The third kappa shape index (κ3) is 4.64. The first-order chi connectivity index (χ1) is 12.6. The van der Waals surface area contributed by atoms with Crippen LogP contribution in [-0.4, -0.2) is 34.0 Å². The number of halogens is 2. The molecule has 1 N–H and O–H groups in total. The van der Waals surface area contributed by atoms with Gasteiger partial charge in [-0.15, -0.1) is 0 Å². The molecule has 26 heavy (non-hydrogen) atoms. The molecule has 0 unspecified atom stereocenters. The van der Waals surface area contributed by atoms with E-state index in [1.54, 1.807) is 18.3 Å². The molecule has 1 aromatic heterocycles. The second-order valence-corrected chi connectivity index (χ2v) is 6.78. The lowest BCUT2D eigenvalue weighted by molar-refractivity contribution is 0.297. The van der Waals surface area contributed by atoms with Crippen molar-refractivity contribution in [3.63, 3.8) is 0 Å². The molecule has 5 nitrogen and oxygen atoms in total. The Kier molecular flexibility index (Phi) is 5.93. The van der Waals surface area contributed by atoms with E-state index in [-0.39, 0.29) is 5.02 Å². The van der Waals surface area contributed by atoms with Gasteiger partial charge in [-0.3, -0.25) is 0 Å². The summed E-state index contributed by atoms with van der Waals surface area (Å²) in [6.45, 7) is 3.77. The van der Waals surface area contributed by atoms with Crippen molar-refractivity contribution in [3.05, 3.63) is 52.9 Å². The molecule has 1 aromatic carbocycles. The van der Waals surface area contributed by atoms with Gasteiger partial charge in [0.2, 0.25) is 5.88 Å². The maximum absolute atomic E-state index is 13.3. The van der Waals surface area contributed by atoms with Crippen molar-refractivity contribution >= 4 is 17.4 Å². The van der Waals surface area contributed by atoms with E-state index >= 15 is 0 Å². The SMILES string of the molecule is CCCN(CC1CC1)/C(=N\O)c1ccnc(Oc2ccc(F)c(Cl)c2)c1. The van der Waals surface area contributed by atoms with Crippen molar-refractivity contribution in [1.29, 1.82) is 0 Å². The van der Waals surface area contributed by atoms with Crippen molar-refractivity contribution in [3.8, 4) is 11.6 Å². The number of pyridine rings is 1. The van der Waals surface area contributed by atoms with Crippen LogP contribution in [0, 0.1) is 11.7 Å². The van der Waals surface area contributed by atoms with Crippen LogP contribution in [0.25, 0.3) is 0 Å². The molecule has 0 bridgehead atoms. The minimum atomic E-state index is -0.509. The predicted molar refractivity (Wildman–Crippen MR) is 98.6 cm³/mol. The van der Waals surface area contributed by atoms with Gasteiger partial charge in [0.1, 0.15) is 11.6 Å². The number of rotatable bonds is 7. The second kappa shape index (κ2) is 8.36. The number of aromatic nitrogens is 1. The quantitative estimate of drug-likeness (QED) is 0.322. The van der Waals surface area contributed by atoms with E-state index in [2.05, 4.69) is 22.0 Å². The number of oxime groups is 1. The van der Waals surface area contributed by atoms with Crippen LogP contribution >= 0.6 is 11.6 Å². The fourth-order valence-corrected chi connectivity index (χ4v) is 2.91. The molecule has 0 saturated heterocycles. The summed E-state index contributed by atoms with van der Waals surface area (Å²) in [7, 11) is 0. The van der Waals surface area contributed by atoms with Crippen molar-refractivity contribution in [2.75, 3.05) is 13.1 Å². The predicted octanol–water partition coefficient (Wildman–Crippen LogP) is 4.92. The van der Waals surface area contributed by atoms with E-state index in [0.29, 0.717) is 28.9 Å². The molecule has 1 aliphatic rings. The van der Waals surface area contributed by atoms with Gasteiger partial charge in [0.15, 0.2) is 5.84 Å². The Hall–Kier alpha value is -2.34. The number of ether oxygens (including phenoxy) is 1. The lowest BCUT2D eigenvalue weighted by Gasteiger charge is -2.24. The van der Waals surface area contributed by atoms with E-state index in [1.165, 1.54) is 31.0 Å². The molecular weight excluding hydrogens is 357 g/mol. The third-order valence-corrected chi connectivity index (χ3v) is 4.46. The topological polar surface area (TPSA) is 58.0 Å². The van der Waals surface area contributed by atoms with Gasteiger partial charge in [-0.25, -0.2) is 9.37 Å². The molecule has 2 aromatic rings. The fraction of sp³-hybridized carbons (Fsp3) is 0.368. The van der Waals surface area contributed by atoms with Crippen LogP contribution in [0.5, 0.6) is 11.6 Å². The molecule has 0 atom stereocenters. The zero-order valence-corrected chi connectivity index (χ0v) is 15.3. The van der Waals surface area contributed by atoms with Crippen LogP contribution in [0.15, 0.2) is 41.7 Å². The molecule has 0 aliphatic heterocycles. The molecule has 3 rings (SSSR count). The average Bonchev–Trinajstić information content (AvgIpc) is 3.43. The largest absolute Gasteiger partial charge is 0.439 e. The van der Waals surface area contributed by atoms with Crippen molar-refractivity contribution in [2.45, 2.75) is 26.2 Å². The smallest absolute Gasteiger partial charge is 0.219 e. The molecule has 7 heteroatoms. The van der Waals surface area contributed by atoms with Gasteiger partial charge < -0.3 is 14.8 Å². The van der Waals surface area contributed by atoms with Gasteiger partial charge in [-0.1, -0.05) is 23.7 Å². The van der Waals surface area contributed by atoms with Crippen LogP contribution in [0.2, 0.25) is 5.02 Å². The average molecular weight is 378 g/mol.